The van der Waals surface area contributed by atoms with Crippen LogP contribution in [0.25, 0.3) is 0 Å². The van der Waals surface area contributed by atoms with E-state index in [1.54, 1.807) is 18.2 Å². The fourth-order valence-corrected chi connectivity index (χ4v) is 4.64. The van der Waals surface area contributed by atoms with Gasteiger partial charge in [0.2, 0.25) is 10.0 Å². The number of ether oxygens (including phenoxy) is 1. The molecule has 2 aromatic rings. The first-order valence-electron chi connectivity index (χ1n) is 9.00. The van der Waals surface area contributed by atoms with E-state index in [-0.39, 0.29) is 10.9 Å². The van der Waals surface area contributed by atoms with Gasteiger partial charge in [-0.1, -0.05) is 45.8 Å². The molecule has 2 aromatic carbocycles. The molecule has 0 spiro atoms. The molecule has 7 heteroatoms. The molecule has 0 bridgehead atoms. The molecular weight excluding hydrogens is 428 g/mol. The van der Waals surface area contributed by atoms with Crippen LogP contribution in [0.2, 0.25) is 0 Å². The zero-order valence-electron chi connectivity index (χ0n) is 15.6. The number of nitrogens with one attached hydrogen (secondary N) is 1. The number of morpholine rings is 1. The van der Waals surface area contributed by atoms with Crippen LogP contribution in [0.1, 0.15) is 22.7 Å². The van der Waals surface area contributed by atoms with E-state index in [9.17, 15) is 8.42 Å². The number of hydrogen-bond donors (Lipinski definition) is 1. The predicted octanol–water partition coefficient (Wildman–Crippen LogP) is 3.42. The third-order valence-corrected chi connectivity index (χ3v) is 7.12. The molecule has 1 fully saturated rings. The van der Waals surface area contributed by atoms with Crippen LogP contribution in [0.3, 0.4) is 0 Å². The summed E-state index contributed by atoms with van der Waals surface area (Å²) in [6, 6.07) is 12.8. The quantitative estimate of drug-likeness (QED) is 0.729. The zero-order chi connectivity index (χ0) is 19.4. The van der Waals surface area contributed by atoms with Crippen LogP contribution >= 0.6 is 15.9 Å². The van der Waals surface area contributed by atoms with E-state index in [4.69, 9.17) is 4.74 Å². The Balaban J connectivity index is 1.86. The topological polar surface area (TPSA) is 58.6 Å². The summed E-state index contributed by atoms with van der Waals surface area (Å²) in [5.41, 5.74) is 3.00. The highest BCUT2D eigenvalue weighted by Gasteiger charge is 2.24. The normalized spacial score (nSPS) is 17.0. The van der Waals surface area contributed by atoms with Crippen LogP contribution in [0, 0.1) is 13.8 Å². The number of aryl methyl sites for hydroxylation is 2. The van der Waals surface area contributed by atoms with Crippen molar-refractivity contribution in [1.29, 1.82) is 0 Å². The summed E-state index contributed by atoms with van der Waals surface area (Å²) < 4.78 is 35.3. The van der Waals surface area contributed by atoms with Crippen molar-refractivity contribution in [3.8, 4) is 0 Å². The molecule has 1 atom stereocenters. The fourth-order valence-electron chi connectivity index (χ4n) is 3.09. The van der Waals surface area contributed by atoms with Gasteiger partial charge in [-0.15, -0.1) is 0 Å². The van der Waals surface area contributed by atoms with Gasteiger partial charge in [-0.3, -0.25) is 4.90 Å². The van der Waals surface area contributed by atoms with Gasteiger partial charge in [0.05, 0.1) is 24.2 Å². The Morgan fingerprint density at radius 3 is 2.41 bits per heavy atom. The Bertz CT molecular complexity index is 879. The molecule has 0 aliphatic carbocycles. The van der Waals surface area contributed by atoms with Crippen molar-refractivity contribution in [3.05, 3.63) is 63.6 Å². The lowest BCUT2D eigenvalue weighted by molar-refractivity contribution is 0.0345. The molecule has 0 aromatic heterocycles. The number of nitrogens with zero attached hydrogens (tertiary/aromatic N) is 1. The fraction of sp³-hybridized carbons (Fsp3) is 0.400. The van der Waals surface area contributed by atoms with Crippen LogP contribution in [0.5, 0.6) is 0 Å². The lowest BCUT2D eigenvalue weighted by Crippen LogP contribution is -2.43. The highest BCUT2D eigenvalue weighted by Crippen LogP contribution is 2.23. The molecule has 27 heavy (non-hydrogen) atoms. The second-order valence-electron chi connectivity index (χ2n) is 6.91. The SMILES string of the molecule is Cc1ccc(C(CN2CCOCC2)NS(=O)(=O)c2ccc(Br)c(C)c2)cc1. The zero-order valence-corrected chi connectivity index (χ0v) is 18.0. The first-order chi connectivity index (χ1) is 12.8. The summed E-state index contributed by atoms with van der Waals surface area (Å²) in [6.07, 6.45) is 0. The van der Waals surface area contributed by atoms with Gasteiger partial charge >= 0.3 is 0 Å². The molecule has 5 nitrogen and oxygen atoms in total. The number of rotatable bonds is 6. The van der Waals surface area contributed by atoms with Crippen LogP contribution < -0.4 is 4.72 Å². The summed E-state index contributed by atoms with van der Waals surface area (Å²) in [5.74, 6) is 0. The van der Waals surface area contributed by atoms with Gasteiger partial charge in [0.25, 0.3) is 0 Å². The van der Waals surface area contributed by atoms with Gasteiger partial charge in [-0.05, 0) is 43.2 Å². The van der Waals surface area contributed by atoms with Crippen LogP contribution in [-0.2, 0) is 14.8 Å². The van der Waals surface area contributed by atoms with Crippen molar-refractivity contribution < 1.29 is 13.2 Å². The van der Waals surface area contributed by atoms with E-state index in [2.05, 4.69) is 25.6 Å². The monoisotopic (exact) mass is 452 g/mol. The molecule has 1 saturated heterocycles. The number of hydrogen-bond acceptors (Lipinski definition) is 4. The van der Waals surface area contributed by atoms with Crippen molar-refractivity contribution in [1.82, 2.24) is 9.62 Å². The van der Waals surface area contributed by atoms with E-state index in [1.165, 1.54) is 0 Å². The van der Waals surface area contributed by atoms with Crippen LogP contribution in [0.4, 0.5) is 0 Å². The summed E-state index contributed by atoms with van der Waals surface area (Å²) in [6.45, 7) is 7.49. The molecule has 0 amide bonds. The van der Waals surface area contributed by atoms with E-state index in [0.29, 0.717) is 19.8 Å². The highest BCUT2D eigenvalue weighted by molar-refractivity contribution is 9.10. The van der Waals surface area contributed by atoms with E-state index < -0.39 is 10.0 Å². The third kappa shape index (κ3) is 5.39. The van der Waals surface area contributed by atoms with Crippen molar-refractivity contribution in [2.45, 2.75) is 24.8 Å². The average molecular weight is 453 g/mol. The lowest BCUT2D eigenvalue weighted by atomic mass is 10.1. The second kappa shape index (κ2) is 8.84. The molecule has 1 N–H and O–H groups in total. The van der Waals surface area contributed by atoms with Gasteiger partial charge in [-0.2, -0.15) is 0 Å². The average Bonchev–Trinajstić information content (AvgIpc) is 2.64. The first kappa shape index (κ1) is 20.5. The maximum atomic E-state index is 13.0. The van der Waals surface area contributed by atoms with Gasteiger partial charge in [0, 0.05) is 24.1 Å². The largest absolute Gasteiger partial charge is 0.379 e. The molecule has 1 unspecified atom stereocenters. The van der Waals surface area contributed by atoms with Gasteiger partial charge in [0.1, 0.15) is 0 Å². The Morgan fingerprint density at radius 2 is 1.78 bits per heavy atom. The first-order valence-corrected chi connectivity index (χ1v) is 11.3. The summed E-state index contributed by atoms with van der Waals surface area (Å²) in [7, 11) is -3.64. The Labute approximate surface area is 169 Å². The van der Waals surface area contributed by atoms with Crippen molar-refractivity contribution >= 4 is 26.0 Å². The van der Waals surface area contributed by atoms with Crippen LogP contribution in [0.15, 0.2) is 51.8 Å². The molecule has 1 aliphatic heterocycles. The van der Waals surface area contributed by atoms with E-state index >= 15 is 0 Å². The standard InChI is InChI=1S/C20H25BrN2O3S/c1-15-3-5-17(6-4-15)20(14-23-9-11-26-12-10-23)22-27(24,25)18-7-8-19(21)16(2)13-18/h3-8,13,20,22H,9-12,14H2,1-2H3. The Morgan fingerprint density at radius 1 is 1.11 bits per heavy atom. The van der Waals surface area contributed by atoms with Crippen molar-refractivity contribution in [2.24, 2.45) is 0 Å². The summed E-state index contributed by atoms with van der Waals surface area (Å²) in [5, 5.41) is 0. The lowest BCUT2D eigenvalue weighted by Gasteiger charge is -2.31. The van der Waals surface area contributed by atoms with Crippen molar-refractivity contribution in [2.75, 3.05) is 32.8 Å². The minimum absolute atomic E-state index is 0.280. The summed E-state index contributed by atoms with van der Waals surface area (Å²) in [4.78, 5) is 2.52. The number of halogens is 1. The molecule has 146 valence electrons. The maximum absolute atomic E-state index is 13.0. The minimum atomic E-state index is -3.64. The molecule has 0 radical (unpaired) electrons. The molecule has 1 aliphatic rings. The van der Waals surface area contributed by atoms with Crippen molar-refractivity contribution in [3.63, 3.8) is 0 Å². The van der Waals surface area contributed by atoms with E-state index in [1.807, 2.05) is 38.1 Å². The molecule has 3 rings (SSSR count). The number of benzene rings is 2. The summed E-state index contributed by atoms with van der Waals surface area (Å²) >= 11 is 3.42. The van der Waals surface area contributed by atoms with Gasteiger partial charge < -0.3 is 4.74 Å². The van der Waals surface area contributed by atoms with Crippen LogP contribution in [-0.4, -0.2) is 46.2 Å². The molecule has 0 saturated carbocycles. The predicted molar refractivity (Wildman–Crippen MR) is 110 cm³/mol. The highest BCUT2D eigenvalue weighted by atomic mass is 79.9. The second-order valence-corrected chi connectivity index (χ2v) is 9.48. The van der Waals surface area contributed by atoms with Gasteiger partial charge in [-0.25, -0.2) is 13.1 Å². The molecule has 1 heterocycles. The Kier molecular flexibility index (Phi) is 6.70. The minimum Gasteiger partial charge on any atom is -0.379 e. The maximum Gasteiger partial charge on any atom is 0.241 e. The smallest absolute Gasteiger partial charge is 0.241 e. The molecular formula is C20H25BrN2O3S. The van der Waals surface area contributed by atoms with Gasteiger partial charge in [0.15, 0.2) is 0 Å². The number of sulfonamides is 1. The van der Waals surface area contributed by atoms with E-state index in [0.717, 1.165) is 34.3 Å². The Hall–Kier alpha value is -1.25. The third-order valence-electron chi connectivity index (χ3n) is 4.76.